The molecule has 0 aromatic heterocycles. The first-order chi connectivity index (χ1) is 11.2. The number of nitrogens with one attached hydrogen (secondary N) is 1. The van der Waals surface area contributed by atoms with Crippen LogP contribution in [-0.2, 0) is 10.0 Å². The number of carbonyl (C=O) groups excluding carboxylic acids is 1. The van der Waals surface area contributed by atoms with Gasteiger partial charge in [-0.15, -0.1) is 0 Å². The number of carbonyl (C=O) groups is 1. The van der Waals surface area contributed by atoms with E-state index in [1.54, 1.807) is 31.2 Å². The first kappa shape index (κ1) is 16.6. The molecule has 9 heteroatoms. The molecule has 0 spiro atoms. The third-order valence-corrected chi connectivity index (χ3v) is 5.13. The van der Waals surface area contributed by atoms with E-state index in [-0.39, 0.29) is 27.6 Å². The van der Waals surface area contributed by atoms with Gasteiger partial charge in [-0.1, -0.05) is 11.6 Å². The van der Waals surface area contributed by atoms with Crippen molar-refractivity contribution >= 4 is 44.6 Å². The van der Waals surface area contributed by atoms with Crippen molar-refractivity contribution in [2.45, 2.75) is 18.0 Å². The van der Waals surface area contributed by atoms with E-state index in [4.69, 9.17) is 22.5 Å². The van der Waals surface area contributed by atoms with E-state index >= 15 is 0 Å². The molecular formula is C15H15ClN4O3S. The quantitative estimate of drug-likeness (QED) is 0.702. The number of primary sulfonamides is 1. The molecule has 5 N–H and O–H groups in total. The predicted octanol–water partition coefficient (Wildman–Crippen LogP) is 1.99. The molecule has 1 amide bonds. The number of fused-ring (bicyclic) bond motifs is 1. The maximum Gasteiger partial charge on any atom is 0.262 e. The standard InChI is InChI=1S/C15H15ClN4O3S/c1-8-19-13-7-12(16)14(24(18,22)23)6-11(13)15(21)20(8)10-4-2-9(17)3-5-10/h2-8,19H,17H2,1H3,(H2,18,22,23). The highest BCUT2D eigenvalue weighted by atomic mass is 35.5. The molecule has 1 atom stereocenters. The third-order valence-electron chi connectivity index (χ3n) is 3.75. The normalized spacial score (nSPS) is 17.4. The van der Waals surface area contributed by atoms with E-state index in [0.717, 1.165) is 0 Å². The number of anilines is 3. The highest BCUT2D eigenvalue weighted by molar-refractivity contribution is 7.89. The van der Waals surface area contributed by atoms with Gasteiger partial charge in [-0.2, -0.15) is 0 Å². The first-order valence-electron chi connectivity index (χ1n) is 7.00. The summed E-state index contributed by atoms with van der Waals surface area (Å²) in [4.78, 5) is 14.1. The van der Waals surface area contributed by atoms with Crippen molar-refractivity contribution < 1.29 is 13.2 Å². The number of benzene rings is 2. The molecule has 0 saturated carbocycles. The van der Waals surface area contributed by atoms with Gasteiger partial charge in [0.05, 0.1) is 16.3 Å². The second kappa shape index (κ2) is 5.66. The maximum atomic E-state index is 12.9. The number of rotatable bonds is 2. The molecule has 1 aliphatic rings. The van der Waals surface area contributed by atoms with E-state index in [2.05, 4.69) is 5.32 Å². The van der Waals surface area contributed by atoms with Crippen LogP contribution < -0.4 is 21.1 Å². The number of nitrogen functional groups attached to an aromatic ring is 1. The molecule has 24 heavy (non-hydrogen) atoms. The highest BCUT2D eigenvalue weighted by Crippen LogP contribution is 2.34. The summed E-state index contributed by atoms with van der Waals surface area (Å²) >= 11 is 5.97. The van der Waals surface area contributed by atoms with Gasteiger partial charge < -0.3 is 11.1 Å². The Morgan fingerprint density at radius 1 is 1.21 bits per heavy atom. The van der Waals surface area contributed by atoms with E-state index in [1.165, 1.54) is 17.0 Å². The van der Waals surface area contributed by atoms with E-state index in [1.807, 2.05) is 0 Å². The summed E-state index contributed by atoms with van der Waals surface area (Å²) < 4.78 is 23.3. The molecule has 7 nitrogen and oxygen atoms in total. The second-order valence-electron chi connectivity index (χ2n) is 5.46. The van der Waals surface area contributed by atoms with Crippen LogP contribution in [0.4, 0.5) is 17.1 Å². The Labute approximate surface area is 144 Å². The van der Waals surface area contributed by atoms with Gasteiger partial charge in [0, 0.05) is 11.4 Å². The molecule has 0 radical (unpaired) electrons. The predicted molar refractivity (Wildman–Crippen MR) is 93.6 cm³/mol. The second-order valence-corrected chi connectivity index (χ2v) is 7.40. The van der Waals surface area contributed by atoms with Crippen LogP contribution in [0.15, 0.2) is 41.3 Å². The van der Waals surface area contributed by atoms with Gasteiger partial charge in [-0.25, -0.2) is 13.6 Å². The van der Waals surface area contributed by atoms with Crippen LogP contribution in [-0.4, -0.2) is 20.5 Å². The summed E-state index contributed by atoms with van der Waals surface area (Å²) in [6.45, 7) is 1.80. The molecule has 126 valence electrons. The minimum atomic E-state index is -4.04. The molecule has 0 aliphatic carbocycles. The fourth-order valence-electron chi connectivity index (χ4n) is 2.64. The molecule has 0 bridgehead atoms. The number of amides is 1. The molecule has 1 unspecified atom stereocenters. The summed E-state index contributed by atoms with van der Waals surface area (Å²) in [6, 6.07) is 9.38. The van der Waals surface area contributed by atoms with Crippen LogP contribution in [0.1, 0.15) is 17.3 Å². The van der Waals surface area contributed by atoms with Crippen molar-refractivity contribution in [3.63, 3.8) is 0 Å². The number of nitrogens with two attached hydrogens (primary N) is 2. The summed E-state index contributed by atoms with van der Waals surface area (Å²) in [7, 11) is -4.04. The SMILES string of the molecule is CC1Nc2cc(Cl)c(S(N)(=O)=O)cc2C(=O)N1c1ccc(N)cc1. The monoisotopic (exact) mass is 366 g/mol. The number of hydrogen-bond donors (Lipinski definition) is 3. The molecular weight excluding hydrogens is 352 g/mol. The Morgan fingerprint density at radius 3 is 2.42 bits per heavy atom. The maximum absolute atomic E-state index is 12.9. The summed E-state index contributed by atoms with van der Waals surface area (Å²) in [6.07, 6.45) is -0.356. The Balaban J connectivity index is 2.12. The number of hydrogen-bond acceptors (Lipinski definition) is 5. The fourth-order valence-corrected chi connectivity index (χ4v) is 3.74. The van der Waals surface area contributed by atoms with Crippen molar-refractivity contribution in [3.05, 3.63) is 47.0 Å². The molecule has 0 saturated heterocycles. The van der Waals surface area contributed by atoms with Gasteiger partial charge in [-0.05, 0) is 43.3 Å². The highest BCUT2D eigenvalue weighted by Gasteiger charge is 2.32. The molecule has 2 aromatic rings. The minimum absolute atomic E-state index is 0.0373. The third kappa shape index (κ3) is 2.79. The zero-order valence-electron chi connectivity index (χ0n) is 12.7. The Kier molecular flexibility index (Phi) is 3.90. The Bertz CT molecular complexity index is 928. The summed E-state index contributed by atoms with van der Waals surface area (Å²) in [5, 5.41) is 8.24. The van der Waals surface area contributed by atoms with Crippen LogP contribution in [0, 0.1) is 0 Å². The van der Waals surface area contributed by atoms with E-state index in [0.29, 0.717) is 17.1 Å². The number of halogens is 1. The molecule has 3 rings (SSSR count). The molecule has 0 fully saturated rings. The van der Waals surface area contributed by atoms with Gasteiger partial charge in [-0.3, -0.25) is 9.69 Å². The lowest BCUT2D eigenvalue weighted by molar-refractivity contribution is 0.0977. The van der Waals surface area contributed by atoms with Crippen LogP contribution in [0.2, 0.25) is 5.02 Å². The van der Waals surface area contributed by atoms with Gasteiger partial charge in [0.1, 0.15) is 11.1 Å². The number of nitrogens with zero attached hydrogens (tertiary/aromatic N) is 1. The lowest BCUT2D eigenvalue weighted by Gasteiger charge is -2.36. The van der Waals surface area contributed by atoms with Crippen molar-refractivity contribution in [2.24, 2.45) is 5.14 Å². The lowest BCUT2D eigenvalue weighted by Crippen LogP contribution is -2.47. The zero-order chi connectivity index (χ0) is 17.6. The van der Waals surface area contributed by atoms with Gasteiger partial charge >= 0.3 is 0 Å². The Morgan fingerprint density at radius 2 is 1.83 bits per heavy atom. The fraction of sp³-hybridized carbons (Fsp3) is 0.133. The van der Waals surface area contributed by atoms with Crippen LogP contribution >= 0.6 is 11.6 Å². The van der Waals surface area contributed by atoms with Crippen molar-refractivity contribution in [2.75, 3.05) is 16.0 Å². The zero-order valence-corrected chi connectivity index (χ0v) is 14.2. The van der Waals surface area contributed by atoms with Crippen LogP contribution in [0.25, 0.3) is 0 Å². The van der Waals surface area contributed by atoms with E-state index in [9.17, 15) is 13.2 Å². The van der Waals surface area contributed by atoms with Crippen LogP contribution in [0.5, 0.6) is 0 Å². The van der Waals surface area contributed by atoms with Crippen LogP contribution in [0.3, 0.4) is 0 Å². The largest absolute Gasteiger partial charge is 0.399 e. The minimum Gasteiger partial charge on any atom is -0.399 e. The van der Waals surface area contributed by atoms with Gasteiger partial charge in [0.15, 0.2) is 0 Å². The molecule has 1 heterocycles. The average Bonchev–Trinajstić information content (AvgIpc) is 2.47. The average molecular weight is 367 g/mol. The molecule has 2 aromatic carbocycles. The summed E-state index contributed by atoms with van der Waals surface area (Å²) in [5.41, 5.74) is 7.51. The van der Waals surface area contributed by atoms with Crippen molar-refractivity contribution in [1.82, 2.24) is 0 Å². The summed E-state index contributed by atoms with van der Waals surface area (Å²) in [5.74, 6) is -0.359. The molecule has 1 aliphatic heterocycles. The van der Waals surface area contributed by atoms with E-state index < -0.39 is 10.0 Å². The van der Waals surface area contributed by atoms with Crippen molar-refractivity contribution in [1.29, 1.82) is 0 Å². The van der Waals surface area contributed by atoms with Gasteiger partial charge in [0.2, 0.25) is 10.0 Å². The smallest absolute Gasteiger partial charge is 0.262 e. The van der Waals surface area contributed by atoms with Gasteiger partial charge in [0.25, 0.3) is 5.91 Å². The topological polar surface area (TPSA) is 119 Å². The lowest BCUT2D eigenvalue weighted by atomic mass is 10.1. The first-order valence-corrected chi connectivity index (χ1v) is 8.93. The Hall–Kier alpha value is -2.29. The van der Waals surface area contributed by atoms with Crippen molar-refractivity contribution in [3.8, 4) is 0 Å². The number of sulfonamides is 1.